The highest BCUT2D eigenvalue weighted by atomic mass is 19.1. The van der Waals surface area contributed by atoms with Gasteiger partial charge in [-0.1, -0.05) is 18.2 Å². The average Bonchev–Trinajstić information content (AvgIpc) is 2.86. The van der Waals surface area contributed by atoms with E-state index < -0.39 is 41.8 Å². The number of nitrogens with zero attached hydrogens (tertiary/aromatic N) is 1. The molecule has 8 heteroatoms. The SMILES string of the molecule is COc1cccc(C2(C)NC(=O)N(CC(O)c3ccc(F)cc3F)C2=O)c1. The normalized spacial score (nSPS) is 20.6. The molecule has 1 fully saturated rings. The van der Waals surface area contributed by atoms with Crippen LogP contribution in [0.25, 0.3) is 0 Å². The van der Waals surface area contributed by atoms with Gasteiger partial charge in [0, 0.05) is 11.6 Å². The van der Waals surface area contributed by atoms with Crippen LogP contribution < -0.4 is 10.1 Å². The number of β-amino-alcohol motifs (C(OH)–C–C–N with tert-alkyl or cyclic N) is 1. The Balaban J connectivity index is 1.85. The third-order valence-corrected chi connectivity index (χ3v) is 4.60. The second-order valence-corrected chi connectivity index (χ2v) is 6.38. The number of carbonyl (C=O) groups excluding carboxylic acids is 2. The quantitative estimate of drug-likeness (QED) is 0.786. The van der Waals surface area contributed by atoms with Gasteiger partial charge >= 0.3 is 6.03 Å². The summed E-state index contributed by atoms with van der Waals surface area (Å²) in [5.74, 6) is -1.82. The van der Waals surface area contributed by atoms with Crippen LogP contribution in [0.3, 0.4) is 0 Å². The maximum absolute atomic E-state index is 13.9. The minimum absolute atomic E-state index is 0.202. The van der Waals surface area contributed by atoms with E-state index in [4.69, 9.17) is 4.74 Å². The summed E-state index contributed by atoms with van der Waals surface area (Å²) in [6, 6.07) is 8.66. The van der Waals surface area contributed by atoms with Crippen LogP contribution in [0.5, 0.6) is 5.75 Å². The molecule has 3 amide bonds. The lowest BCUT2D eigenvalue weighted by atomic mass is 9.92. The zero-order valence-corrected chi connectivity index (χ0v) is 14.7. The molecule has 0 aromatic heterocycles. The maximum Gasteiger partial charge on any atom is 0.325 e. The topological polar surface area (TPSA) is 78.9 Å². The number of ether oxygens (including phenoxy) is 1. The fraction of sp³-hybridized carbons (Fsp3) is 0.263. The first-order valence-corrected chi connectivity index (χ1v) is 8.18. The molecule has 0 bridgehead atoms. The van der Waals surface area contributed by atoms with Crippen LogP contribution in [0.4, 0.5) is 13.6 Å². The van der Waals surface area contributed by atoms with E-state index in [1.165, 1.54) is 14.0 Å². The van der Waals surface area contributed by atoms with Crippen molar-refractivity contribution in [3.8, 4) is 5.75 Å². The van der Waals surface area contributed by atoms with E-state index >= 15 is 0 Å². The summed E-state index contributed by atoms with van der Waals surface area (Å²) in [4.78, 5) is 26.0. The van der Waals surface area contributed by atoms with E-state index in [0.717, 1.165) is 17.0 Å². The van der Waals surface area contributed by atoms with Gasteiger partial charge < -0.3 is 15.2 Å². The molecule has 27 heavy (non-hydrogen) atoms. The highest BCUT2D eigenvalue weighted by Gasteiger charge is 2.49. The third kappa shape index (κ3) is 3.35. The van der Waals surface area contributed by atoms with Crippen molar-refractivity contribution in [3.05, 3.63) is 65.2 Å². The second-order valence-electron chi connectivity index (χ2n) is 6.38. The average molecular weight is 376 g/mol. The molecule has 2 N–H and O–H groups in total. The number of rotatable bonds is 5. The van der Waals surface area contributed by atoms with Crippen LogP contribution in [0, 0.1) is 11.6 Å². The number of carbonyl (C=O) groups is 2. The number of amides is 3. The summed E-state index contributed by atoms with van der Waals surface area (Å²) >= 11 is 0. The Labute approximate surface area is 154 Å². The van der Waals surface area contributed by atoms with Gasteiger partial charge in [-0.05, 0) is 30.7 Å². The second kappa shape index (κ2) is 6.96. The van der Waals surface area contributed by atoms with Gasteiger partial charge in [-0.25, -0.2) is 13.6 Å². The van der Waals surface area contributed by atoms with E-state index in [9.17, 15) is 23.5 Å². The molecule has 1 heterocycles. The Kier molecular flexibility index (Phi) is 4.84. The minimum Gasteiger partial charge on any atom is -0.497 e. The Hall–Kier alpha value is -3.00. The molecule has 0 saturated carbocycles. The molecular weight excluding hydrogens is 358 g/mol. The molecule has 6 nitrogen and oxygen atoms in total. The lowest BCUT2D eigenvalue weighted by molar-refractivity contribution is -0.132. The van der Waals surface area contributed by atoms with Gasteiger partial charge in [-0.3, -0.25) is 9.69 Å². The van der Waals surface area contributed by atoms with Crippen molar-refractivity contribution in [1.29, 1.82) is 0 Å². The number of imide groups is 1. The smallest absolute Gasteiger partial charge is 0.325 e. The number of aliphatic hydroxyl groups excluding tert-OH is 1. The molecule has 0 aliphatic carbocycles. The van der Waals surface area contributed by atoms with E-state index in [1.807, 2.05) is 0 Å². The molecule has 2 aromatic carbocycles. The first-order chi connectivity index (χ1) is 12.8. The van der Waals surface area contributed by atoms with Crippen molar-refractivity contribution < 1.29 is 28.2 Å². The number of hydrogen-bond donors (Lipinski definition) is 2. The predicted octanol–water partition coefficient (Wildman–Crippen LogP) is 2.47. The van der Waals surface area contributed by atoms with Crippen LogP contribution in [-0.2, 0) is 10.3 Å². The van der Waals surface area contributed by atoms with E-state index in [2.05, 4.69) is 5.32 Å². The maximum atomic E-state index is 13.9. The van der Waals surface area contributed by atoms with Gasteiger partial charge in [0.1, 0.15) is 22.9 Å². The van der Waals surface area contributed by atoms with Gasteiger partial charge in [0.2, 0.25) is 0 Å². The number of halogens is 2. The fourth-order valence-electron chi connectivity index (χ4n) is 3.04. The van der Waals surface area contributed by atoms with E-state index in [-0.39, 0.29) is 5.56 Å². The molecule has 0 spiro atoms. The number of hydrogen-bond acceptors (Lipinski definition) is 4. The number of nitrogens with one attached hydrogen (secondary N) is 1. The monoisotopic (exact) mass is 376 g/mol. The molecule has 2 aromatic rings. The van der Waals surface area contributed by atoms with Crippen molar-refractivity contribution in [2.45, 2.75) is 18.6 Å². The molecule has 1 saturated heterocycles. The van der Waals surface area contributed by atoms with Gasteiger partial charge in [0.05, 0.1) is 19.8 Å². The van der Waals surface area contributed by atoms with E-state index in [1.54, 1.807) is 24.3 Å². The molecule has 1 aliphatic heterocycles. The van der Waals surface area contributed by atoms with E-state index in [0.29, 0.717) is 17.4 Å². The van der Waals surface area contributed by atoms with Crippen molar-refractivity contribution in [2.24, 2.45) is 0 Å². The summed E-state index contributed by atoms with van der Waals surface area (Å²) in [7, 11) is 1.48. The summed E-state index contributed by atoms with van der Waals surface area (Å²) in [5.41, 5.74) is -1.05. The summed E-state index contributed by atoms with van der Waals surface area (Å²) in [6.45, 7) is 1.07. The molecule has 142 valence electrons. The van der Waals surface area contributed by atoms with Crippen molar-refractivity contribution in [1.82, 2.24) is 10.2 Å². The van der Waals surface area contributed by atoms with Gasteiger partial charge in [-0.2, -0.15) is 0 Å². The fourth-order valence-corrected chi connectivity index (χ4v) is 3.04. The molecule has 1 aliphatic rings. The lowest BCUT2D eigenvalue weighted by Crippen LogP contribution is -2.41. The molecule has 3 rings (SSSR count). The van der Waals surface area contributed by atoms with Crippen molar-refractivity contribution in [2.75, 3.05) is 13.7 Å². The lowest BCUT2D eigenvalue weighted by Gasteiger charge is -2.23. The number of urea groups is 1. The van der Waals surface area contributed by atoms with Crippen molar-refractivity contribution in [3.63, 3.8) is 0 Å². The van der Waals surface area contributed by atoms with Crippen LogP contribution in [0.1, 0.15) is 24.2 Å². The summed E-state index contributed by atoms with van der Waals surface area (Å²) < 4.78 is 32.0. The zero-order chi connectivity index (χ0) is 19.8. The Bertz CT molecular complexity index is 905. The Morgan fingerprint density at radius 2 is 1.96 bits per heavy atom. The first kappa shape index (κ1) is 18.8. The predicted molar refractivity (Wildman–Crippen MR) is 91.9 cm³/mol. The highest BCUT2D eigenvalue weighted by molar-refractivity contribution is 6.07. The molecular formula is C19H18F2N2O4. The summed E-state index contributed by atoms with van der Waals surface area (Å²) in [5, 5.41) is 12.9. The van der Waals surface area contributed by atoms with Gasteiger partial charge in [0.15, 0.2) is 0 Å². The Morgan fingerprint density at radius 3 is 2.63 bits per heavy atom. The van der Waals surface area contributed by atoms with Gasteiger partial charge in [-0.15, -0.1) is 0 Å². The third-order valence-electron chi connectivity index (χ3n) is 4.60. The number of methoxy groups -OCH3 is 1. The molecule has 0 radical (unpaired) electrons. The van der Waals surface area contributed by atoms with Gasteiger partial charge in [0.25, 0.3) is 5.91 Å². The molecule has 2 unspecified atom stereocenters. The zero-order valence-electron chi connectivity index (χ0n) is 14.7. The largest absolute Gasteiger partial charge is 0.497 e. The van der Waals surface area contributed by atoms with Crippen LogP contribution in [0.15, 0.2) is 42.5 Å². The van der Waals surface area contributed by atoms with Crippen LogP contribution in [-0.4, -0.2) is 35.6 Å². The standard InChI is InChI=1S/C19H18F2N2O4/c1-19(11-4-3-5-13(8-11)27-2)17(25)23(18(26)22-19)10-16(24)14-7-6-12(20)9-15(14)21/h3-9,16,24H,10H2,1-2H3,(H,22,26). The molecule has 2 atom stereocenters. The summed E-state index contributed by atoms with van der Waals surface area (Å²) in [6.07, 6.45) is -1.49. The highest BCUT2D eigenvalue weighted by Crippen LogP contribution is 2.32. The number of aliphatic hydroxyl groups is 1. The van der Waals surface area contributed by atoms with Crippen LogP contribution >= 0.6 is 0 Å². The first-order valence-electron chi connectivity index (χ1n) is 8.18. The number of benzene rings is 2. The van der Waals surface area contributed by atoms with Crippen LogP contribution in [0.2, 0.25) is 0 Å². The Morgan fingerprint density at radius 1 is 1.22 bits per heavy atom. The van der Waals surface area contributed by atoms with Crippen molar-refractivity contribution >= 4 is 11.9 Å². The minimum atomic E-state index is -1.49.